The Labute approximate surface area is 142 Å². The highest BCUT2D eigenvalue weighted by Gasteiger charge is 2.13. The monoisotopic (exact) mass is 318 g/mol. The van der Waals surface area contributed by atoms with Gasteiger partial charge in [-0.1, -0.05) is 24.3 Å². The lowest BCUT2D eigenvalue weighted by Crippen LogP contribution is -2.19. The van der Waals surface area contributed by atoms with E-state index in [9.17, 15) is 0 Å². The molecule has 0 aliphatic carbocycles. The summed E-state index contributed by atoms with van der Waals surface area (Å²) in [5, 5.41) is 1.10. The Balaban J connectivity index is 1.50. The number of benzene rings is 1. The van der Waals surface area contributed by atoms with E-state index in [-0.39, 0.29) is 0 Å². The fraction of sp³-hybridized carbons (Fsp3) is 0.350. The average Bonchev–Trinajstić information content (AvgIpc) is 3.15. The van der Waals surface area contributed by atoms with Crippen LogP contribution in [0.2, 0.25) is 0 Å². The van der Waals surface area contributed by atoms with E-state index in [1.807, 2.05) is 6.20 Å². The van der Waals surface area contributed by atoms with Gasteiger partial charge in [-0.2, -0.15) is 0 Å². The van der Waals surface area contributed by atoms with Gasteiger partial charge < -0.3 is 4.90 Å². The molecule has 0 unspecified atom stereocenters. The van der Waals surface area contributed by atoms with Crippen molar-refractivity contribution in [3.8, 4) is 0 Å². The van der Waals surface area contributed by atoms with Crippen LogP contribution in [0.1, 0.15) is 29.9 Å². The molecule has 1 aliphatic rings. The molecule has 0 amide bonds. The molecular weight excluding hydrogens is 296 g/mol. The van der Waals surface area contributed by atoms with E-state index >= 15 is 0 Å². The van der Waals surface area contributed by atoms with Crippen molar-refractivity contribution in [3.05, 3.63) is 59.7 Å². The van der Waals surface area contributed by atoms with Crippen LogP contribution in [0.3, 0.4) is 0 Å². The van der Waals surface area contributed by atoms with Crippen molar-refractivity contribution in [1.29, 1.82) is 0 Å². The lowest BCUT2D eigenvalue weighted by molar-refractivity contribution is 0.834. The average molecular weight is 318 g/mol. The second-order valence-corrected chi connectivity index (χ2v) is 6.48. The zero-order valence-electron chi connectivity index (χ0n) is 14.1. The molecular formula is C20H22N4. The van der Waals surface area contributed by atoms with Gasteiger partial charge in [0.05, 0.1) is 5.52 Å². The van der Waals surface area contributed by atoms with Crippen molar-refractivity contribution in [3.63, 3.8) is 0 Å². The van der Waals surface area contributed by atoms with Gasteiger partial charge in [-0.3, -0.25) is 0 Å². The summed E-state index contributed by atoms with van der Waals surface area (Å²) in [5.41, 5.74) is 3.37. The topological polar surface area (TPSA) is 41.9 Å². The molecule has 0 bridgehead atoms. The molecule has 1 fully saturated rings. The molecule has 4 nitrogen and oxygen atoms in total. The first-order valence-corrected chi connectivity index (χ1v) is 8.72. The number of anilines is 1. The Kier molecular flexibility index (Phi) is 4.11. The van der Waals surface area contributed by atoms with Crippen LogP contribution in [-0.2, 0) is 12.8 Å². The molecule has 122 valence electrons. The van der Waals surface area contributed by atoms with Crippen molar-refractivity contribution in [2.45, 2.75) is 32.6 Å². The van der Waals surface area contributed by atoms with E-state index in [1.165, 1.54) is 18.4 Å². The van der Waals surface area contributed by atoms with Crippen molar-refractivity contribution < 1.29 is 0 Å². The largest absolute Gasteiger partial charge is 0.357 e. The highest BCUT2D eigenvalue weighted by molar-refractivity contribution is 5.80. The Morgan fingerprint density at radius 2 is 1.79 bits per heavy atom. The number of hydrogen-bond donors (Lipinski definition) is 0. The summed E-state index contributed by atoms with van der Waals surface area (Å²) in [5.74, 6) is 2.01. The Morgan fingerprint density at radius 3 is 2.67 bits per heavy atom. The van der Waals surface area contributed by atoms with Gasteiger partial charge in [-0.15, -0.1) is 0 Å². The molecule has 4 heteroatoms. The summed E-state index contributed by atoms with van der Waals surface area (Å²) in [6.45, 7) is 4.35. The number of nitrogens with zero attached hydrogens (tertiary/aromatic N) is 4. The van der Waals surface area contributed by atoms with Gasteiger partial charge in [-0.05, 0) is 43.9 Å². The van der Waals surface area contributed by atoms with Crippen molar-refractivity contribution in [2.75, 3.05) is 18.0 Å². The Morgan fingerprint density at radius 1 is 0.958 bits per heavy atom. The van der Waals surface area contributed by atoms with Crippen LogP contribution in [0, 0.1) is 6.92 Å². The van der Waals surface area contributed by atoms with E-state index in [2.05, 4.69) is 53.2 Å². The number of rotatable bonds is 4. The Hall–Kier alpha value is -2.49. The molecule has 0 N–H and O–H groups in total. The van der Waals surface area contributed by atoms with Crippen LogP contribution < -0.4 is 4.90 Å². The van der Waals surface area contributed by atoms with Crippen LogP contribution in [0.4, 0.5) is 5.82 Å². The summed E-state index contributed by atoms with van der Waals surface area (Å²) >= 11 is 0. The molecule has 3 aromatic rings. The lowest BCUT2D eigenvalue weighted by Gasteiger charge is -2.16. The Bertz CT molecular complexity index is 853. The van der Waals surface area contributed by atoms with Gasteiger partial charge in [0.2, 0.25) is 0 Å². The van der Waals surface area contributed by atoms with Crippen LogP contribution >= 0.6 is 0 Å². The number of hydrogen-bond acceptors (Lipinski definition) is 4. The minimum Gasteiger partial charge on any atom is -0.357 e. The fourth-order valence-electron chi connectivity index (χ4n) is 3.33. The molecule has 24 heavy (non-hydrogen) atoms. The van der Waals surface area contributed by atoms with E-state index in [1.54, 1.807) is 0 Å². The summed E-state index contributed by atoms with van der Waals surface area (Å²) < 4.78 is 0. The van der Waals surface area contributed by atoms with Crippen molar-refractivity contribution in [1.82, 2.24) is 15.0 Å². The first-order chi connectivity index (χ1) is 11.8. The van der Waals surface area contributed by atoms with E-state index in [4.69, 9.17) is 9.97 Å². The molecule has 0 saturated carbocycles. The predicted molar refractivity (Wildman–Crippen MR) is 97.4 cm³/mol. The molecule has 1 aromatic carbocycles. The van der Waals surface area contributed by atoms with Crippen LogP contribution in [0.15, 0.2) is 42.6 Å². The maximum absolute atomic E-state index is 4.82. The molecule has 0 radical (unpaired) electrons. The number of pyridine rings is 1. The highest BCUT2D eigenvalue weighted by Crippen LogP contribution is 2.19. The molecule has 3 heterocycles. The first-order valence-electron chi connectivity index (χ1n) is 8.72. The highest BCUT2D eigenvalue weighted by atomic mass is 15.2. The number of fused-ring (bicyclic) bond motifs is 1. The van der Waals surface area contributed by atoms with Crippen LogP contribution in [0.25, 0.3) is 10.9 Å². The molecule has 2 aromatic heterocycles. The third-order valence-electron chi connectivity index (χ3n) is 4.69. The van der Waals surface area contributed by atoms with Crippen molar-refractivity contribution >= 4 is 16.7 Å². The quantitative estimate of drug-likeness (QED) is 0.735. The van der Waals surface area contributed by atoms with E-state index in [0.29, 0.717) is 0 Å². The molecule has 1 aliphatic heterocycles. The van der Waals surface area contributed by atoms with Crippen LogP contribution in [-0.4, -0.2) is 28.0 Å². The molecule has 4 rings (SSSR count). The minimum absolute atomic E-state index is 0.820. The summed E-state index contributed by atoms with van der Waals surface area (Å²) in [6.07, 6.45) is 6.17. The third kappa shape index (κ3) is 3.09. The normalized spacial score (nSPS) is 14.5. The molecule has 0 spiro atoms. The van der Waals surface area contributed by atoms with Gasteiger partial charge in [0.25, 0.3) is 0 Å². The smallest absolute Gasteiger partial charge is 0.129 e. The number of para-hydroxylation sites is 1. The zero-order chi connectivity index (χ0) is 16.4. The standard InChI is InChI=1S/C20H22N4/c1-15-6-4-7-16-14-21-18(23-20(15)16)11-10-17-8-5-9-19(22-17)24-12-2-3-13-24/h4-9,14H,2-3,10-13H2,1H3. The molecule has 1 saturated heterocycles. The van der Waals surface area contributed by atoms with Gasteiger partial charge in [0.1, 0.15) is 11.6 Å². The second-order valence-electron chi connectivity index (χ2n) is 6.48. The summed E-state index contributed by atoms with van der Waals surface area (Å²) in [4.78, 5) is 16.4. The second kappa shape index (κ2) is 6.56. The maximum Gasteiger partial charge on any atom is 0.129 e. The maximum atomic E-state index is 4.82. The lowest BCUT2D eigenvalue weighted by atomic mass is 10.1. The third-order valence-corrected chi connectivity index (χ3v) is 4.69. The van der Waals surface area contributed by atoms with Gasteiger partial charge in [0, 0.05) is 36.8 Å². The van der Waals surface area contributed by atoms with E-state index in [0.717, 1.165) is 54.2 Å². The predicted octanol–water partition coefficient (Wildman–Crippen LogP) is 3.72. The van der Waals surface area contributed by atoms with Gasteiger partial charge in [0.15, 0.2) is 0 Å². The van der Waals surface area contributed by atoms with Crippen molar-refractivity contribution in [2.24, 2.45) is 0 Å². The number of aryl methyl sites for hydroxylation is 3. The fourth-order valence-corrected chi connectivity index (χ4v) is 3.33. The van der Waals surface area contributed by atoms with Gasteiger partial charge >= 0.3 is 0 Å². The summed E-state index contributed by atoms with van der Waals surface area (Å²) in [7, 11) is 0. The zero-order valence-corrected chi connectivity index (χ0v) is 14.1. The summed E-state index contributed by atoms with van der Waals surface area (Å²) in [6, 6.07) is 12.5. The molecule has 0 atom stereocenters. The van der Waals surface area contributed by atoms with Crippen LogP contribution in [0.5, 0.6) is 0 Å². The number of aromatic nitrogens is 3. The van der Waals surface area contributed by atoms with E-state index < -0.39 is 0 Å². The van der Waals surface area contributed by atoms with Gasteiger partial charge in [-0.25, -0.2) is 15.0 Å². The first kappa shape index (κ1) is 15.1. The SMILES string of the molecule is Cc1cccc2cnc(CCc3cccc(N4CCCC4)n3)nc12. The minimum atomic E-state index is 0.820.